The summed E-state index contributed by atoms with van der Waals surface area (Å²) in [5, 5.41) is 0.698. The van der Waals surface area contributed by atoms with Crippen LogP contribution in [-0.4, -0.2) is 35.7 Å². The molecule has 1 aromatic carbocycles. The number of benzene rings is 1. The minimum atomic E-state index is -0.487. The third-order valence-electron chi connectivity index (χ3n) is 3.31. The molecule has 0 bridgehead atoms. The number of hydrogen-bond acceptors (Lipinski definition) is 3. The molecule has 1 saturated heterocycles. The standard InChI is InChI=1S/C15H21ClN2O2/c1-15(2,3)20-14(19)18-8-12(13(17)9-18)10-4-6-11(16)7-5-10/h4-7,12-13H,8-9,17H2,1-3H3/t12-,13+/m1/s1. The van der Waals surface area contributed by atoms with Crippen LogP contribution in [0.2, 0.25) is 5.02 Å². The predicted molar refractivity (Wildman–Crippen MR) is 80.0 cm³/mol. The van der Waals surface area contributed by atoms with Gasteiger partial charge in [-0.25, -0.2) is 4.79 Å². The highest BCUT2D eigenvalue weighted by atomic mass is 35.5. The molecular weight excluding hydrogens is 276 g/mol. The fraction of sp³-hybridized carbons (Fsp3) is 0.533. The van der Waals surface area contributed by atoms with E-state index in [-0.39, 0.29) is 18.1 Å². The van der Waals surface area contributed by atoms with Crippen LogP contribution in [-0.2, 0) is 4.74 Å². The minimum Gasteiger partial charge on any atom is -0.444 e. The lowest BCUT2D eigenvalue weighted by atomic mass is 9.95. The molecule has 5 heteroatoms. The Morgan fingerprint density at radius 2 is 1.90 bits per heavy atom. The molecule has 1 aliphatic heterocycles. The van der Waals surface area contributed by atoms with Gasteiger partial charge < -0.3 is 15.4 Å². The molecule has 0 radical (unpaired) electrons. The topological polar surface area (TPSA) is 55.6 Å². The van der Waals surface area contributed by atoms with Crippen molar-refractivity contribution < 1.29 is 9.53 Å². The first-order valence-corrected chi connectivity index (χ1v) is 7.13. The smallest absolute Gasteiger partial charge is 0.410 e. The Morgan fingerprint density at radius 1 is 1.30 bits per heavy atom. The number of likely N-dealkylation sites (tertiary alicyclic amines) is 1. The van der Waals surface area contributed by atoms with Gasteiger partial charge in [0.2, 0.25) is 0 Å². The van der Waals surface area contributed by atoms with E-state index in [1.165, 1.54) is 0 Å². The van der Waals surface area contributed by atoms with Crippen molar-refractivity contribution >= 4 is 17.7 Å². The number of halogens is 1. The maximum Gasteiger partial charge on any atom is 0.410 e. The van der Waals surface area contributed by atoms with Gasteiger partial charge >= 0.3 is 6.09 Å². The van der Waals surface area contributed by atoms with E-state index in [1.54, 1.807) is 4.90 Å². The number of rotatable bonds is 1. The zero-order valence-electron chi connectivity index (χ0n) is 12.1. The zero-order valence-corrected chi connectivity index (χ0v) is 12.9. The summed E-state index contributed by atoms with van der Waals surface area (Å²) in [4.78, 5) is 13.7. The molecule has 0 unspecified atom stereocenters. The molecule has 1 aromatic rings. The zero-order chi connectivity index (χ0) is 14.9. The third-order valence-corrected chi connectivity index (χ3v) is 3.57. The first-order chi connectivity index (χ1) is 9.26. The van der Waals surface area contributed by atoms with Gasteiger partial charge in [0.15, 0.2) is 0 Å². The van der Waals surface area contributed by atoms with Gasteiger partial charge in [-0.2, -0.15) is 0 Å². The van der Waals surface area contributed by atoms with Gasteiger partial charge in [0.1, 0.15) is 5.60 Å². The van der Waals surface area contributed by atoms with Gasteiger partial charge in [0.05, 0.1) is 0 Å². The summed E-state index contributed by atoms with van der Waals surface area (Å²) in [7, 11) is 0. The molecule has 20 heavy (non-hydrogen) atoms. The van der Waals surface area contributed by atoms with Crippen LogP contribution in [0.15, 0.2) is 24.3 Å². The van der Waals surface area contributed by atoms with Crippen molar-refractivity contribution in [2.75, 3.05) is 13.1 Å². The monoisotopic (exact) mass is 296 g/mol. The van der Waals surface area contributed by atoms with Crippen LogP contribution in [0.3, 0.4) is 0 Å². The van der Waals surface area contributed by atoms with E-state index in [9.17, 15) is 4.79 Å². The predicted octanol–water partition coefficient (Wildman–Crippen LogP) is 3.00. The van der Waals surface area contributed by atoms with Gasteiger partial charge in [-0.05, 0) is 38.5 Å². The molecule has 2 rings (SSSR count). The van der Waals surface area contributed by atoms with Gasteiger partial charge in [0.25, 0.3) is 0 Å². The van der Waals surface area contributed by atoms with Crippen molar-refractivity contribution in [2.45, 2.75) is 38.3 Å². The fourth-order valence-electron chi connectivity index (χ4n) is 2.37. The lowest BCUT2D eigenvalue weighted by Gasteiger charge is -2.24. The first kappa shape index (κ1) is 15.1. The van der Waals surface area contributed by atoms with Gasteiger partial charge in [-0.1, -0.05) is 23.7 Å². The maximum absolute atomic E-state index is 12.1. The number of nitrogens with zero attached hydrogens (tertiary/aromatic N) is 1. The molecule has 1 amide bonds. The Hall–Kier alpha value is -1.26. The molecule has 2 atom stereocenters. The van der Waals surface area contributed by atoms with Gasteiger partial charge in [-0.3, -0.25) is 0 Å². The van der Waals surface area contributed by atoms with Crippen LogP contribution in [0.1, 0.15) is 32.3 Å². The number of ether oxygens (including phenoxy) is 1. The van der Waals surface area contributed by atoms with Crippen LogP contribution in [0.4, 0.5) is 4.79 Å². The number of amides is 1. The molecule has 4 nitrogen and oxygen atoms in total. The average molecular weight is 297 g/mol. The SMILES string of the molecule is CC(C)(C)OC(=O)N1C[C@H](c2ccc(Cl)cc2)[C@@H](N)C1. The molecule has 1 aliphatic rings. The summed E-state index contributed by atoms with van der Waals surface area (Å²) in [6.45, 7) is 6.67. The van der Waals surface area contributed by atoms with E-state index in [2.05, 4.69) is 0 Å². The Morgan fingerprint density at radius 3 is 2.45 bits per heavy atom. The van der Waals surface area contributed by atoms with E-state index in [0.29, 0.717) is 18.1 Å². The van der Waals surface area contributed by atoms with E-state index in [4.69, 9.17) is 22.1 Å². The summed E-state index contributed by atoms with van der Waals surface area (Å²) in [6.07, 6.45) is -0.301. The third kappa shape index (κ3) is 3.64. The molecule has 0 spiro atoms. The van der Waals surface area contributed by atoms with Crippen LogP contribution < -0.4 is 5.73 Å². The van der Waals surface area contributed by atoms with E-state index in [0.717, 1.165) is 5.56 Å². The largest absolute Gasteiger partial charge is 0.444 e. The lowest BCUT2D eigenvalue weighted by molar-refractivity contribution is 0.0290. The Bertz CT molecular complexity index is 482. The number of carbonyl (C=O) groups excluding carboxylic acids is 1. The average Bonchev–Trinajstić information content (AvgIpc) is 2.70. The first-order valence-electron chi connectivity index (χ1n) is 6.75. The summed E-state index contributed by atoms with van der Waals surface area (Å²) >= 11 is 5.89. The summed E-state index contributed by atoms with van der Waals surface area (Å²) in [5.74, 6) is 0.125. The van der Waals surface area contributed by atoms with Gasteiger partial charge in [0, 0.05) is 30.1 Å². The molecule has 1 fully saturated rings. The quantitative estimate of drug-likeness (QED) is 0.867. The highest BCUT2D eigenvalue weighted by molar-refractivity contribution is 6.30. The van der Waals surface area contributed by atoms with E-state index >= 15 is 0 Å². The van der Waals surface area contributed by atoms with E-state index < -0.39 is 5.60 Å². The van der Waals surface area contributed by atoms with Gasteiger partial charge in [-0.15, -0.1) is 0 Å². The summed E-state index contributed by atoms with van der Waals surface area (Å²) in [5.41, 5.74) is 6.78. The van der Waals surface area contributed by atoms with Crippen molar-refractivity contribution in [1.29, 1.82) is 0 Å². The number of carbonyl (C=O) groups is 1. The van der Waals surface area contributed by atoms with E-state index in [1.807, 2.05) is 45.0 Å². The van der Waals surface area contributed by atoms with Crippen molar-refractivity contribution in [2.24, 2.45) is 5.73 Å². The van der Waals surface area contributed by atoms with Crippen LogP contribution in [0, 0.1) is 0 Å². The summed E-state index contributed by atoms with van der Waals surface area (Å²) in [6, 6.07) is 7.54. The highest BCUT2D eigenvalue weighted by Gasteiger charge is 2.35. The molecule has 2 N–H and O–H groups in total. The normalized spacial score (nSPS) is 22.9. The lowest BCUT2D eigenvalue weighted by Crippen LogP contribution is -2.36. The van der Waals surface area contributed by atoms with Crippen molar-refractivity contribution in [3.8, 4) is 0 Å². The minimum absolute atomic E-state index is 0.0799. The molecular formula is C15H21ClN2O2. The Balaban J connectivity index is 2.05. The molecule has 0 saturated carbocycles. The van der Waals surface area contributed by atoms with Crippen molar-refractivity contribution in [3.63, 3.8) is 0 Å². The fourth-order valence-corrected chi connectivity index (χ4v) is 2.49. The second-order valence-corrected chi connectivity index (χ2v) is 6.64. The highest BCUT2D eigenvalue weighted by Crippen LogP contribution is 2.28. The number of nitrogens with two attached hydrogens (primary N) is 1. The van der Waals surface area contributed by atoms with Crippen LogP contribution >= 0.6 is 11.6 Å². The maximum atomic E-state index is 12.1. The van der Waals surface area contributed by atoms with Crippen LogP contribution in [0.5, 0.6) is 0 Å². The Kier molecular flexibility index (Phi) is 4.25. The molecule has 110 valence electrons. The number of hydrogen-bond donors (Lipinski definition) is 1. The summed E-state index contributed by atoms with van der Waals surface area (Å²) < 4.78 is 5.38. The molecule has 0 aliphatic carbocycles. The second kappa shape index (κ2) is 5.62. The Labute approximate surface area is 124 Å². The second-order valence-electron chi connectivity index (χ2n) is 6.21. The molecule has 1 heterocycles. The van der Waals surface area contributed by atoms with Crippen molar-refractivity contribution in [1.82, 2.24) is 4.90 Å². The van der Waals surface area contributed by atoms with Crippen molar-refractivity contribution in [3.05, 3.63) is 34.9 Å². The molecule has 0 aromatic heterocycles. The van der Waals surface area contributed by atoms with Crippen LogP contribution in [0.25, 0.3) is 0 Å².